The van der Waals surface area contributed by atoms with E-state index in [9.17, 15) is 23.3 Å². The summed E-state index contributed by atoms with van der Waals surface area (Å²) in [5.41, 5.74) is 0.769. The molecule has 0 aliphatic rings. The minimum Gasteiger partial charge on any atom is -0.320 e. The lowest BCUT2D eigenvalue weighted by molar-refractivity contribution is -0.384. The lowest BCUT2D eigenvalue weighted by atomic mass is 10.2. The Morgan fingerprint density at radius 1 is 0.931 bits per heavy atom. The van der Waals surface area contributed by atoms with Crippen molar-refractivity contribution in [3.05, 3.63) is 100 Å². The van der Waals surface area contributed by atoms with Gasteiger partial charge in [0.1, 0.15) is 0 Å². The Morgan fingerprint density at radius 3 is 2.07 bits per heavy atom. The molecule has 0 unspecified atom stereocenters. The van der Waals surface area contributed by atoms with E-state index < -0.39 is 20.9 Å². The van der Waals surface area contributed by atoms with E-state index in [-0.39, 0.29) is 21.8 Å². The molecule has 148 valence electrons. The number of nitrogens with zero attached hydrogens (tertiary/aromatic N) is 2. The Hall–Kier alpha value is -3.72. The average Bonchev–Trinajstić information content (AvgIpc) is 2.72. The molecule has 0 heterocycles. The number of nitro benzene ring substituents is 1. The molecule has 9 heteroatoms. The number of nitro groups is 1. The van der Waals surface area contributed by atoms with Gasteiger partial charge < -0.3 is 4.84 Å². The molecule has 29 heavy (non-hydrogen) atoms. The van der Waals surface area contributed by atoms with Gasteiger partial charge in [0.2, 0.25) is 0 Å². The number of aryl methyl sites for hydroxylation is 1. The maximum absolute atomic E-state index is 13.1. The van der Waals surface area contributed by atoms with Crippen LogP contribution in [0.3, 0.4) is 0 Å². The molecule has 0 N–H and O–H groups in total. The number of sulfonamides is 1. The molecule has 0 amide bonds. The van der Waals surface area contributed by atoms with Crippen molar-refractivity contribution < 1.29 is 23.0 Å². The maximum Gasteiger partial charge on any atom is 0.364 e. The van der Waals surface area contributed by atoms with Crippen LogP contribution in [0.2, 0.25) is 0 Å². The Morgan fingerprint density at radius 2 is 1.52 bits per heavy atom. The summed E-state index contributed by atoms with van der Waals surface area (Å²) < 4.78 is 26.8. The number of para-hydroxylation sites is 1. The predicted octanol–water partition coefficient (Wildman–Crippen LogP) is 3.87. The summed E-state index contributed by atoms with van der Waals surface area (Å²) in [4.78, 5) is 27.9. The zero-order valence-corrected chi connectivity index (χ0v) is 16.1. The second-order valence-corrected chi connectivity index (χ2v) is 7.82. The van der Waals surface area contributed by atoms with Gasteiger partial charge in [-0.15, -0.1) is 0 Å². The number of non-ortho nitro benzene ring substituents is 1. The van der Waals surface area contributed by atoms with Crippen molar-refractivity contribution in [2.45, 2.75) is 11.8 Å². The summed E-state index contributed by atoms with van der Waals surface area (Å²) >= 11 is 0. The second-order valence-electron chi connectivity index (χ2n) is 6.06. The molecule has 0 aliphatic carbocycles. The quantitative estimate of drug-likeness (QED) is 0.449. The van der Waals surface area contributed by atoms with E-state index in [1.807, 2.05) is 6.92 Å². The summed E-state index contributed by atoms with van der Waals surface area (Å²) in [5.74, 6) is -0.973. The number of carbonyl (C=O) groups is 1. The van der Waals surface area contributed by atoms with Crippen molar-refractivity contribution in [3.63, 3.8) is 0 Å². The Labute approximate surface area is 167 Å². The molecule has 0 atom stereocenters. The lowest BCUT2D eigenvalue weighted by Crippen LogP contribution is -2.33. The number of anilines is 1. The van der Waals surface area contributed by atoms with E-state index in [2.05, 4.69) is 0 Å². The number of carbonyl (C=O) groups excluding carboxylic acids is 1. The minimum atomic E-state index is -4.21. The maximum atomic E-state index is 13.1. The fraction of sp³-hybridized carbons (Fsp3) is 0.0500. The first-order valence-corrected chi connectivity index (χ1v) is 9.87. The fourth-order valence-electron chi connectivity index (χ4n) is 2.44. The van der Waals surface area contributed by atoms with E-state index >= 15 is 0 Å². The van der Waals surface area contributed by atoms with Gasteiger partial charge in [-0.1, -0.05) is 40.4 Å². The van der Waals surface area contributed by atoms with Crippen LogP contribution in [0.25, 0.3) is 0 Å². The third-order valence-electron chi connectivity index (χ3n) is 3.98. The predicted molar refractivity (Wildman–Crippen MR) is 106 cm³/mol. The zero-order valence-electron chi connectivity index (χ0n) is 15.3. The van der Waals surface area contributed by atoms with Crippen LogP contribution in [0.1, 0.15) is 15.9 Å². The van der Waals surface area contributed by atoms with Gasteiger partial charge in [0.25, 0.3) is 15.7 Å². The lowest BCUT2D eigenvalue weighted by Gasteiger charge is -2.22. The molecule has 3 aromatic rings. The van der Waals surface area contributed by atoms with Gasteiger partial charge in [-0.25, -0.2) is 4.79 Å². The van der Waals surface area contributed by atoms with Gasteiger partial charge in [0.15, 0.2) is 0 Å². The SMILES string of the molecule is Cc1ccc(S(=O)(=O)N(OC(=O)c2ccc([N+](=O)[O-])cc2)c2ccccc2)cc1. The molecule has 8 nitrogen and oxygen atoms in total. The normalized spacial score (nSPS) is 10.9. The fourth-order valence-corrected chi connectivity index (χ4v) is 3.68. The van der Waals surface area contributed by atoms with Crippen molar-refractivity contribution in [3.8, 4) is 0 Å². The molecule has 0 bridgehead atoms. The number of hydrogen-bond donors (Lipinski definition) is 0. The van der Waals surface area contributed by atoms with Gasteiger partial charge in [-0.3, -0.25) is 10.1 Å². The highest BCUT2D eigenvalue weighted by Crippen LogP contribution is 2.25. The van der Waals surface area contributed by atoms with Gasteiger partial charge >= 0.3 is 5.97 Å². The van der Waals surface area contributed by atoms with Gasteiger partial charge in [-0.2, -0.15) is 8.42 Å². The minimum absolute atomic E-state index is 0.0318. The first-order chi connectivity index (χ1) is 13.8. The topological polar surface area (TPSA) is 107 Å². The van der Waals surface area contributed by atoms with Crippen LogP contribution >= 0.6 is 0 Å². The van der Waals surface area contributed by atoms with E-state index in [4.69, 9.17) is 4.84 Å². The highest BCUT2D eigenvalue weighted by Gasteiger charge is 2.29. The molecule has 0 aliphatic heterocycles. The highest BCUT2D eigenvalue weighted by molar-refractivity contribution is 7.92. The Bertz CT molecular complexity index is 1130. The van der Waals surface area contributed by atoms with Crippen LogP contribution in [0.5, 0.6) is 0 Å². The van der Waals surface area contributed by atoms with E-state index in [0.29, 0.717) is 4.47 Å². The highest BCUT2D eigenvalue weighted by atomic mass is 32.2. The van der Waals surface area contributed by atoms with Crippen molar-refractivity contribution >= 4 is 27.4 Å². The van der Waals surface area contributed by atoms with Crippen LogP contribution in [-0.4, -0.2) is 19.3 Å². The van der Waals surface area contributed by atoms with E-state index in [0.717, 1.165) is 17.7 Å². The molecule has 0 saturated heterocycles. The number of rotatable bonds is 6. The van der Waals surface area contributed by atoms with Crippen LogP contribution in [0, 0.1) is 17.0 Å². The van der Waals surface area contributed by atoms with Crippen molar-refractivity contribution in [1.82, 2.24) is 0 Å². The van der Waals surface area contributed by atoms with Gasteiger partial charge in [-0.05, 0) is 43.3 Å². The summed E-state index contributed by atoms with van der Waals surface area (Å²) in [7, 11) is -4.21. The molecule has 0 fully saturated rings. The average molecular weight is 412 g/mol. The molecule has 0 aromatic heterocycles. The monoisotopic (exact) mass is 412 g/mol. The summed E-state index contributed by atoms with van der Waals surface area (Å²) in [5, 5.41) is 10.8. The third-order valence-corrected chi connectivity index (χ3v) is 5.57. The summed E-state index contributed by atoms with van der Waals surface area (Å²) in [6.45, 7) is 1.82. The van der Waals surface area contributed by atoms with E-state index in [1.165, 1.54) is 36.4 Å². The van der Waals surface area contributed by atoms with Crippen LogP contribution in [0.15, 0.2) is 83.8 Å². The van der Waals surface area contributed by atoms with Crippen LogP contribution < -0.4 is 4.47 Å². The number of benzene rings is 3. The summed E-state index contributed by atoms with van der Waals surface area (Å²) in [6.07, 6.45) is 0. The first-order valence-electron chi connectivity index (χ1n) is 8.43. The van der Waals surface area contributed by atoms with Crippen LogP contribution in [-0.2, 0) is 14.9 Å². The molecule has 0 radical (unpaired) electrons. The first kappa shape index (κ1) is 20.0. The molecular formula is C20H16N2O6S. The largest absolute Gasteiger partial charge is 0.364 e. The zero-order chi connectivity index (χ0) is 21.0. The van der Waals surface area contributed by atoms with Crippen LogP contribution in [0.4, 0.5) is 11.4 Å². The van der Waals surface area contributed by atoms with Gasteiger partial charge in [0, 0.05) is 12.1 Å². The molecule has 0 saturated carbocycles. The second kappa shape index (κ2) is 8.11. The smallest absolute Gasteiger partial charge is 0.320 e. The third kappa shape index (κ3) is 4.41. The summed E-state index contributed by atoms with van der Waals surface area (Å²) in [6, 6.07) is 18.6. The Kier molecular flexibility index (Phi) is 5.60. The van der Waals surface area contributed by atoms with E-state index in [1.54, 1.807) is 30.3 Å². The molecule has 0 spiro atoms. The van der Waals surface area contributed by atoms with Gasteiger partial charge in [0.05, 0.1) is 21.1 Å². The van der Waals surface area contributed by atoms with Crippen molar-refractivity contribution in [1.29, 1.82) is 0 Å². The standard InChI is InChI=1S/C20H16N2O6S/c1-15-7-13-19(14-8-15)29(26,27)22(18-5-3-2-4-6-18)28-20(23)16-9-11-17(12-10-16)21(24)25/h2-14H,1H3. The molecule has 3 aromatic carbocycles. The van der Waals surface area contributed by atoms with Crippen molar-refractivity contribution in [2.75, 3.05) is 4.47 Å². The number of hydrogen-bond acceptors (Lipinski definition) is 6. The van der Waals surface area contributed by atoms with Crippen molar-refractivity contribution in [2.24, 2.45) is 0 Å². The molecule has 3 rings (SSSR count). The molecular weight excluding hydrogens is 396 g/mol. The Balaban J connectivity index is 1.97.